The van der Waals surface area contributed by atoms with Crippen LogP contribution in [0.15, 0.2) is 52.0 Å². The van der Waals surface area contributed by atoms with Gasteiger partial charge in [0.25, 0.3) is 5.91 Å². The molecule has 0 saturated carbocycles. The Kier molecular flexibility index (Phi) is 6.20. The number of carbonyl (C=O) groups is 1. The first-order chi connectivity index (χ1) is 13.4. The zero-order valence-electron chi connectivity index (χ0n) is 15.0. The molecule has 0 unspecified atom stereocenters. The van der Waals surface area contributed by atoms with E-state index >= 15 is 0 Å². The van der Waals surface area contributed by atoms with Gasteiger partial charge in [-0.25, -0.2) is 13.8 Å². The van der Waals surface area contributed by atoms with Gasteiger partial charge in [-0.1, -0.05) is 18.2 Å². The second-order valence-corrected chi connectivity index (χ2v) is 8.65. The number of ether oxygens (including phenoxy) is 2. The van der Waals surface area contributed by atoms with Crippen LogP contribution in [0.4, 0.5) is 5.69 Å². The quantitative estimate of drug-likeness (QED) is 0.518. The van der Waals surface area contributed by atoms with Gasteiger partial charge in [0.2, 0.25) is 10.0 Å². The van der Waals surface area contributed by atoms with Crippen LogP contribution in [0.25, 0.3) is 0 Å². The number of rotatable bonds is 6. The number of carbonyl (C=O) groups excluding carboxylic acids is 1. The summed E-state index contributed by atoms with van der Waals surface area (Å²) in [5, 5.41) is 3.91. The highest BCUT2D eigenvalue weighted by Crippen LogP contribution is 2.32. The van der Waals surface area contributed by atoms with Crippen molar-refractivity contribution in [2.75, 3.05) is 30.3 Å². The summed E-state index contributed by atoms with van der Waals surface area (Å²) >= 11 is 3.30. The molecule has 1 aliphatic heterocycles. The third-order valence-corrected chi connectivity index (χ3v) is 5.60. The van der Waals surface area contributed by atoms with Gasteiger partial charge in [0.15, 0.2) is 11.5 Å². The Morgan fingerprint density at radius 1 is 1.21 bits per heavy atom. The third kappa shape index (κ3) is 4.82. The molecular weight excluding hydrogens is 450 g/mol. The largest absolute Gasteiger partial charge is 0.486 e. The number of fused-ring (bicyclic) bond motifs is 1. The average molecular weight is 468 g/mol. The average Bonchev–Trinajstić information content (AvgIpc) is 2.66. The minimum absolute atomic E-state index is 0.367. The van der Waals surface area contributed by atoms with E-state index in [1.165, 1.54) is 6.21 Å². The third-order valence-electron chi connectivity index (χ3n) is 3.80. The molecule has 0 aliphatic carbocycles. The van der Waals surface area contributed by atoms with E-state index in [1.807, 2.05) is 0 Å². The van der Waals surface area contributed by atoms with Crippen molar-refractivity contribution in [1.29, 1.82) is 0 Å². The van der Waals surface area contributed by atoms with Gasteiger partial charge in [-0.3, -0.25) is 9.10 Å². The normalized spacial score (nSPS) is 13.4. The summed E-state index contributed by atoms with van der Waals surface area (Å²) in [7, 11) is -3.67. The molecule has 10 heteroatoms. The maximum absolute atomic E-state index is 12.3. The summed E-state index contributed by atoms with van der Waals surface area (Å²) in [5.41, 5.74) is 3.35. The number of anilines is 1. The predicted molar refractivity (Wildman–Crippen MR) is 110 cm³/mol. The van der Waals surface area contributed by atoms with Crippen molar-refractivity contribution in [2.24, 2.45) is 5.10 Å². The van der Waals surface area contributed by atoms with Crippen LogP contribution >= 0.6 is 15.9 Å². The summed E-state index contributed by atoms with van der Waals surface area (Å²) in [5.74, 6) is 0.579. The molecule has 0 spiro atoms. The van der Waals surface area contributed by atoms with Crippen molar-refractivity contribution >= 4 is 43.8 Å². The summed E-state index contributed by atoms with van der Waals surface area (Å²) in [6.07, 6.45) is 2.46. The fourth-order valence-electron chi connectivity index (χ4n) is 2.57. The molecule has 0 saturated heterocycles. The second kappa shape index (κ2) is 8.61. The van der Waals surface area contributed by atoms with Gasteiger partial charge < -0.3 is 9.47 Å². The highest BCUT2D eigenvalue weighted by molar-refractivity contribution is 9.10. The van der Waals surface area contributed by atoms with E-state index in [0.717, 1.165) is 10.6 Å². The van der Waals surface area contributed by atoms with Crippen LogP contribution in [0.1, 0.15) is 5.56 Å². The van der Waals surface area contributed by atoms with Crippen LogP contribution < -0.4 is 19.2 Å². The van der Waals surface area contributed by atoms with Crippen LogP contribution in [0.5, 0.6) is 11.5 Å². The van der Waals surface area contributed by atoms with Crippen LogP contribution in [-0.4, -0.2) is 46.6 Å². The number of hydrazone groups is 1. The summed E-state index contributed by atoms with van der Waals surface area (Å²) < 4.78 is 36.9. The zero-order valence-corrected chi connectivity index (χ0v) is 17.4. The van der Waals surface area contributed by atoms with Gasteiger partial charge >= 0.3 is 0 Å². The van der Waals surface area contributed by atoms with Crippen LogP contribution in [0.2, 0.25) is 0 Å². The highest BCUT2D eigenvalue weighted by atomic mass is 79.9. The Morgan fingerprint density at radius 2 is 1.96 bits per heavy atom. The molecule has 2 aromatic carbocycles. The van der Waals surface area contributed by atoms with Crippen molar-refractivity contribution in [3.8, 4) is 11.5 Å². The predicted octanol–water partition coefficient (Wildman–Crippen LogP) is 2.14. The van der Waals surface area contributed by atoms with Crippen LogP contribution in [0.3, 0.4) is 0 Å². The number of hydrogen-bond acceptors (Lipinski definition) is 6. The monoisotopic (exact) mass is 467 g/mol. The minimum atomic E-state index is -3.67. The van der Waals surface area contributed by atoms with Crippen molar-refractivity contribution in [1.82, 2.24) is 5.43 Å². The molecule has 0 aromatic heterocycles. The molecule has 0 atom stereocenters. The number of benzene rings is 2. The van der Waals surface area contributed by atoms with E-state index in [0.29, 0.717) is 40.4 Å². The Balaban J connectivity index is 1.71. The van der Waals surface area contributed by atoms with Crippen LogP contribution in [0, 0.1) is 0 Å². The highest BCUT2D eigenvalue weighted by Gasteiger charge is 2.22. The number of hydrogen-bond donors (Lipinski definition) is 1. The van der Waals surface area contributed by atoms with E-state index in [9.17, 15) is 13.2 Å². The number of amides is 1. The minimum Gasteiger partial charge on any atom is -0.486 e. The molecule has 1 heterocycles. The van der Waals surface area contributed by atoms with Crippen molar-refractivity contribution in [3.63, 3.8) is 0 Å². The fourth-order valence-corrected chi connectivity index (χ4v) is 4.06. The maximum atomic E-state index is 12.3. The topological polar surface area (TPSA) is 97.3 Å². The molecule has 1 amide bonds. The van der Waals surface area contributed by atoms with Gasteiger partial charge in [-0.05, 0) is 40.2 Å². The molecule has 1 aliphatic rings. The molecule has 0 bridgehead atoms. The smallest absolute Gasteiger partial charge is 0.260 e. The lowest BCUT2D eigenvalue weighted by atomic mass is 10.2. The fraction of sp³-hybridized carbons (Fsp3) is 0.222. The Labute approximate surface area is 171 Å². The second-order valence-electron chi connectivity index (χ2n) is 5.89. The summed E-state index contributed by atoms with van der Waals surface area (Å²) in [6, 6.07) is 12.1. The van der Waals surface area contributed by atoms with Crippen LogP contribution in [-0.2, 0) is 14.8 Å². The molecular formula is C18H18BrN3O5S. The standard InChI is InChI=1S/C18H18BrN3O5S/c1-28(24,25)22(15-7-3-2-6-14(15)19)12-17(23)21-20-11-13-5-4-8-16-18(13)27-10-9-26-16/h2-8,11H,9-10,12H2,1H3,(H,21,23)/b20-11-. The zero-order chi connectivity index (χ0) is 20.1. The van der Waals surface area contributed by atoms with Crippen molar-refractivity contribution in [2.45, 2.75) is 0 Å². The number of nitrogens with zero attached hydrogens (tertiary/aromatic N) is 2. The number of sulfonamides is 1. The van der Waals surface area contributed by atoms with Gasteiger partial charge in [0, 0.05) is 10.0 Å². The van der Waals surface area contributed by atoms with E-state index in [1.54, 1.807) is 42.5 Å². The molecule has 28 heavy (non-hydrogen) atoms. The lowest BCUT2D eigenvalue weighted by molar-refractivity contribution is -0.119. The van der Waals surface area contributed by atoms with Crippen molar-refractivity contribution < 1.29 is 22.7 Å². The lowest BCUT2D eigenvalue weighted by Crippen LogP contribution is -2.39. The number of para-hydroxylation sites is 2. The first-order valence-electron chi connectivity index (χ1n) is 8.29. The Morgan fingerprint density at radius 3 is 2.71 bits per heavy atom. The van der Waals surface area contributed by atoms with Crippen molar-refractivity contribution in [3.05, 3.63) is 52.5 Å². The maximum Gasteiger partial charge on any atom is 0.260 e. The number of nitrogens with one attached hydrogen (secondary N) is 1. The first-order valence-corrected chi connectivity index (χ1v) is 10.9. The van der Waals surface area contributed by atoms with Gasteiger partial charge in [-0.15, -0.1) is 0 Å². The van der Waals surface area contributed by atoms with Gasteiger partial charge in [0.05, 0.1) is 18.2 Å². The Hall–Kier alpha value is -2.59. The SMILES string of the molecule is CS(=O)(=O)N(CC(=O)N/N=C\c1cccc2c1OCCO2)c1ccccc1Br. The molecule has 0 radical (unpaired) electrons. The van der Waals surface area contributed by atoms with E-state index in [2.05, 4.69) is 26.5 Å². The van der Waals surface area contributed by atoms with Gasteiger partial charge in [0.1, 0.15) is 19.8 Å². The van der Waals surface area contributed by atoms with E-state index in [-0.39, 0.29) is 0 Å². The van der Waals surface area contributed by atoms with E-state index in [4.69, 9.17) is 9.47 Å². The number of halogens is 1. The molecule has 0 fully saturated rings. The summed E-state index contributed by atoms with van der Waals surface area (Å²) in [6.45, 7) is 0.492. The molecule has 1 N–H and O–H groups in total. The summed E-state index contributed by atoms with van der Waals surface area (Å²) in [4.78, 5) is 12.3. The molecule has 2 aromatic rings. The lowest BCUT2D eigenvalue weighted by Gasteiger charge is -2.22. The Bertz CT molecular complexity index is 1010. The molecule has 8 nitrogen and oxygen atoms in total. The first kappa shape index (κ1) is 20.2. The molecule has 3 rings (SSSR count). The van der Waals surface area contributed by atoms with E-state index < -0.39 is 22.5 Å². The molecule has 148 valence electrons. The van der Waals surface area contributed by atoms with Gasteiger partial charge in [-0.2, -0.15) is 5.10 Å².